The van der Waals surface area contributed by atoms with Crippen LogP contribution in [0.15, 0.2) is 24.9 Å². The molecule has 0 atom stereocenters. The van der Waals surface area contributed by atoms with Crippen molar-refractivity contribution in [2.75, 3.05) is 0 Å². The summed E-state index contributed by atoms with van der Waals surface area (Å²) >= 11 is 0. The molecule has 0 saturated heterocycles. The van der Waals surface area contributed by atoms with Crippen LogP contribution in [-0.4, -0.2) is 16.1 Å². The highest BCUT2D eigenvalue weighted by Crippen LogP contribution is 2.14. The number of carbonyl (C=O) groups is 1. The highest BCUT2D eigenvalue weighted by molar-refractivity contribution is 6.14. The van der Waals surface area contributed by atoms with E-state index in [9.17, 15) is 4.79 Å². The van der Waals surface area contributed by atoms with E-state index in [1.807, 2.05) is 0 Å². The number of nitrogens with zero attached hydrogens (tertiary/aromatic N) is 1. The number of hydrogen-bond donors (Lipinski definition) is 1. The Labute approximate surface area is 70.4 Å². The minimum Gasteiger partial charge on any atom is -0.478 e. The van der Waals surface area contributed by atoms with Crippen molar-refractivity contribution in [3.63, 3.8) is 0 Å². The van der Waals surface area contributed by atoms with E-state index in [4.69, 9.17) is 5.11 Å². The molecule has 1 aromatic heterocycles. The molecule has 0 aliphatic heterocycles. The van der Waals surface area contributed by atoms with Crippen molar-refractivity contribution < 1.29 is 9.90 Å². The molecule has 1 rings (SSSR count). The molecule has 0 radical (unpaired) electrons. The summed E-state index contributed by atoms with van der Waals surface area (Å²) in [7, 11) is 0. The lowest BCUT2D eigenvalue weighted by molar-refractivity contribution is -0.130. The predicted molar refractivity (Wildman–Crippen MR) is 45.6 cm³/mol. The summed E-state index contributed by atoms with van der Waals surface area (Å²) in [5.74, 6) is -1.01. The fourth-order valence-electron chi connectivity index (χ4n) is 0.918. The second kappa shape index (κ2) is 3.17. The number of pyridine rings is 1. The summed E-state index contributed by atoms with van der Waals surface area (Å²) in [5.41, 5.74) is 1.36. The van der Waals surface area contributed by atoms with E-state index in [0.29, 0.717) is 11.3 Å². The standard InChI is InChI=1S/C9H9NO2/c1-6(9(11)12)8-4-3-5-10-7(8)2/h3-5H,1H2,2H3,(H,11,12). The summed E-state index contributed by atoms with van der Waals surface area (Å²) < 4.78 is 0. The first kappa shape index (κ1) is 8.46. The fraction of sp³-hybridized carbons (Fsp3) is 0.111. The zero-order valence-corrected chi connectivity index (χ0v) is 6.74. The third-order valence-electron chi connectivity index (χ3n) is 1.59. The number of aliphatic carboxylic acids is 1. The zero-order valence-electron chi connectivity index (χ0n) is 6.74. The minimum atomic E-state index is -1.01. The van der Waals surface area contributed by atoms with Crippen LogP contribution in [0.25, 0.3) is 5.57 Å². The number of carboxylic acid groups (broad SMARTS) is 1. The Bertz CT molecular complexity index is 331. The number of aryl methyl sites for hydroxylation is 1. The van der Waals surface area contributed by atoms with Crippen LogP contribution in [0.5, 0.6) is 0 Å². The lowest BCUT2D eigenvalue weighted by Gasteiger charge is -2.02. The molecule has 0 spiro atoms. The van der Waals surface area contributed by atoms with Crippen LogP contribution in [0.4, 0.5) is 0 Å². The summed E-state index contributed by atoms with van der Waals surface area (Å²) in [4.78, 5) is 14.5. The number of rotatable bonds is 2. The van der Waals surface area contributed by atoms with E-state index in [2.05, 4.69) is 11.6 Å². The van der Waals surface area contributed by atoms with Gasteiger partial charge in [-0.15, -0.1) is 0 Å². The molecule has 12 heavy (non-hydrogen) atoms. The van der Waals surface area contributed by atoms with Gasteiger partial charge in [-0.1, -0.05) is 12.6 Å². The molecule has 0 unspecified atom stereocenters. The predicted octanol–water partition coefficient (Wildman–Crippen LogP) is 1.49. The van der Waals surface area contributed by atoms with Gasteiger partial charge in [0.15, 0.2) is 0 Å². The number of hydrogen-bond acceptors (Lipinski definition) is 2. The first-order valence-corrected chi connectivity index (χ1v) is 3.47. The Balaban J connectivity index is 3.11. The molecule has 3 heteroatoms. The quantitative estimate of drug-likeness (QED) is 0.672. The Morgan fingerprint density at radius 3 is 2.83 bits per heavy atom. The van der Waals surface area contributed by atoms with Crippen molar-refractivity contribution in [3.8, 4) is 0 Å². The van der Waals surface area contributed by atoms with E-state index in [-0.39, 0.29) is 5.57 Å². The molecule has 0 amide bonds. The summed E-state index contributed by atoms with van der Waals surface area (Å²) in [6, 6.07) is 3.38. The van der Waals surface area contributed by atoms with Gasteiger partial charge in [0.25, 0.3) is 0 Å². The summed E-state index contributed by atoms with van der Waals surface area (Å²) in [5, 5.41) is 8.63. The largest absolute Gasteiger partial charge is 0.478 e. The van der Waals surface area contributed by atoms with Crippen LogP contribution in [-0.2, 0) is 4.79 Å². The molecule has 1 N–H and O–H groups in total. The van der Waals surface area contributed by atoms with E-state index < -0.39 is 5.97 Å². The SMILES string of the molecule is C=C(C(=O)O)c1cccnc1C. The first-order valence-electron chi connectivity index (χ1n) is 3.47. The summed E-state index contributed by atoms with van der Waals surface area (Å²) in [6.07, 6.45) is 1.62. The monoisotopic (exact) mass is 163 g/mol. The molecule has 1 aromatic rings. The molecule has 1 heterocycles. The Hall–Kier alpha value is -1.64. The molecule has 0 aliphatic rings. The van der Waals surface area contributed by atoms with Gasteiger partial charge in [0.05, 0.1) is 5.57 Å². The van der Waals surface area contributed by atoms with Crippen molar-refractivity contribution in [3.05, 3.63) is 36.2 Å². The van der Waals surface area contributed by atoms with Gasteiger partial charge in [-0.3, -0.25) is 4.98 Å². The second-order valence-electron chi connectivity index (χ2n) is 2.42. The number of carboxylic acids is 1. The third kappa shape index (κ3) is 1.50. The van der Waals surface area contributed by atoms with Gasteiger partial charge >= 0.3 is 5.97 Å². The first-order chi connectivity index (χ1) is 5.63. The van der Waals surface area contributed by atoms with Crippen LogP contribution in [0, 0.1) is 6.92 Å². The van der Waals surface area contributed by atoms with Gasteiger partial charge in [-0.2, -0.15) is 0 Å². The third-order valence-corrected chi connectivity index (χ3v) is 1.59. The van der Waals surface area contributed by atoms with E-state index in [0.717, 1.165) is 0 Å². The Morgan fingerprint density at radius 2 is 2.33 bits per heavy atom. The molecule has 62 valence electrons. The average Bonchev–Trinajstić information content (AvgIpc) is 2.04. The van der Waals surface area contributed by atoms with E-state index in [1.54, 1.807) is 25.3 Å². The fourth-order valence-corrected chi connectivity index (χ4v) is 0.918. The van der Waals surface area contributed by atoms with Gasteiger partial charge in [-0.05, 0) is 13.0 Å². The van der Waals surface area contributed by atoms with Gasteiger partial charge in [0.1, 0.15) is 0 Å². The lowest BCUT2D eigenvalue weighted by Crippen LogP contribution is -2.00. The molecule has 3 nitrogen and oxygen atoms in total. The van der Waals surface area contributed by atoms with Crippen molar-refractivity contribution in [1.82, 2.24) is 4.98 Å². The maximum Gasteiger partial charge on any atom is 0.335 e. The molecule has 0 bridgehead atoms. The average molecular weight is 163 g/mol. The van der Waals surface area contributed by atoms with Crippen molar-refractivity contribution >= 4 is 11.5 Å². The smallest absolute Gasteiger partial charge is 0.335 e. The van der Waals surface area contributed by atoms with Crippen LogP contribution in [0.2, 0.25) is 0 Å². The lowest BCUT2D eigenvalue weighted by atomic mass is 10.1. The van der Waals surface area contributed by atoms with Crippen molar-refractivity contribution in [1.29, 1.82) is 0 Å². The van der Waals surface area contributed by atoms with E-state index in [1.165, 1.54) is 0 Å². The highest BCUT2D eigenvalue weighted by Gasteiger charge is 2.09. The van der Waals surface area contributed by atoms with Crippen LogP contribution in [0.1, 0.15) is 11.3 Å². The maximum atomic E-state index is 10.5. The Kier molecular flexibility index (Phi) is 2.24. The minimum absolute atomic E-state index is 0.0839. The van der Waals surface area contributed by atoms with Gasteiger partial charge < -0.3 is 5.11 Å². The molecule has 0 fully saturated rings. The van der Waals surface area contributed by atoms with Crippen LogP contribution in [0.3, 0.4) is 0 Å². The highest BCUT2D eigenvalue weighted by atomic mass is 16.4. The van der Waals surface area contributed by atoms with Gasteiger partial charge in [0, 0.05) is 17.5 Å². The normalized spacial score (nSPS) is 9.42. The van der Waals surface area contributed by atoms with Gasteiger partial charge in [0.2, 0.25) is 0 Å². The van der Waals surface area contributed by atoms with Crippen LogP contribution >= 0.6 is 0 Å². The Morgan fingerprint density at radius 1 is 1.67 bits per heavy atom. The van der Waals surface area contributed by atoms with Crippen LogP contribution < -0.4 is 0 Å². The molecule has 0 saturated carbocycles. The summed E-state index contributed by atoms with van der Waals surface area (Å²) in [6.45, 7) is 5.20. The molecule has 0 aliphatic carbocycles. The zero-order chi connectivity index (χ0) is 9.14. The second-order valence-corrected chi connectivity index (χ2v) is 2.42. The molecule has 0 aromatic carbocycles. The maximum absolute atomic E-state index is 10.5. The molecular weight excluding hydrogens is 154 g/mol. The van der Waals surface area contributed by atoms with Crippen molar-refractivity contribution in [2.24, 2.45) is 0 Å². The number of aromatic nitrogens is 1. The molecular formula is C9H9NO2. The van der Waals surface area contributed by atoms with Crippen molar-refractivity contribution in [2.45, 2.75) is 6.92 Å². The topological polar surface area (TPSA) is 50.2 Å². The van der Waals surface area contributed by atoms with Gasteiger partial charge in [-0.25, -0.2) is 4.79 Å². The van der Waals surface area contributed by atoms with E-state index >= 15 is 0 Å².